The molecule has 1 amide bonds. The van der Waals surface area contributed by atoms with Gasteiger partial charge in [0.15, 0.2) is 0 Å². The van der Waals surface area contributed by atoms with Gasteiger partial charge in [-0.3, -0.25) is 4.79 Å². The van der Waals surface area contributed by atoms with E-state index in [4.69, 9.17) is 18.0 Å². The highest BCUT2D eigenvalue weighted by Gasteiger charge is 2.32. The number of nitrogens with two attached hydrogens (primary N) is 1. The van der Waals surface area contributed by atoms with Crippen molar-refractivity contribution in [3.8, 4) is 0 Å². The molecule has 98 valence electrons. The predicted molar refractivity (Wildman–Crippen MR) is 74.7 cm³/mol. The summed E-state index contributed by atoms with van der Waals surface area (Å²) in [5, 5.41) is 0. The van der Waals surface area contributed by atoms with Gasteiger partial charge in [-0.1, -0.05) is 33.0 Å². The van der Waals surface area contributed by atoms with Crippen LogP contribution in [0.2, 0.25) is 0 Å². The van der Waals surface area contributed by atoms with E-state index in [-0.39, 0.29) is 17.7 Å². The van der Waals surface area contributed by atoms with Gasteiger partial charge in [0.1, 0.15) is 0 Å². The number of carbonyl (C=O) groups is 1. The number of hydrogen-bond acceptors (Lipinski definition) is 2. The van der Waals surface area contributed by atoms with Crippen LogP contribution in [0.25, 0.3) is 0 Å². The average Bonchev–Trinajstić information content (AvgIpc) is 2.99. The second kappa shape index (κ2) is 6.34. The van der Waals surface area contributed by atoms with Crippen LogP contribution in [0, 0.1) is 17.8 Å². The standard InChI is InChI=1S/C13H24N2OS/c1-4-7-15(8-10-5-6-10)13(16)11(9(2)3)12(14)17/h9-11H,4-8H2,1-3H3,(H2,14,17). The fourth-order valence-corrected chi connectivity index (χ4v) is 2.48. The largest absolute Gasteiger partial charge is 0.393 e. The van der Waals surface area contributed by atoms with Gasteiger partial charge >= 0.3 is 0 Å². The zero-order chi connectivity index (χ0) is 13.0. The third kappa shape index (κ3) is 4.26. The molecule has 1 aliphatic carbocycles. The molecule has 1 rings (SSSR count). The molecule has 4 heteroatoms. The Kier molecular flexibility index (Phi) is 5.37. The normalized spacial score (nSPS) is 16.9. The van der Waals surface area contributed by atoms with Crippen molar-refractivity contribution in [3.05, 3.63) is 0 Å². The van der Waals surface area contributed by atoms with Gasteiger partial charge in [0.2, 0.25) is 5.91 Å². The molecule has 0 aromatic heterocycles. The molecule has 0 saturated heterocycles. The monoisotopic (exact) mass is 256 g/mol. The summed E-state index contributed by atoms with van der Waals surface area (Å²) in [6.07, 6.45) is 3.50. The predicted octanol–water partition coefficient (Wildman–Crippen LogP) is 2.19. The van der Waals surface area contributed by atoms with E-state index in [0.717, 1.165) is 19.5 Å². The number of amides is 1. The minimum Gasteiger partial charge on any atom is -0.393 e. The van der Waals surface area contributed by atoms with Crippen LogP contribution in [0.1, 0.15) is 40.0 Å². The van der Waals surface area contributed by atoms with Gasteiger partial charge in [-0.05, 0) is 31.1 Å². The summed E-state index contributed by atoms with van der Waals surface area (Å²) < 4.78 is 0. The van der Waals surface area contributed by atoms with Crippen LogP contribution in [0.4, 0.5) is 0 Å². The molecule has 0 bridgehead atoms. The van der Waals surface area contributed by atoms with Crippen molar-refractivity contribution in [2.24, 2.45) is 23.5 Å². The molecule has 17 heavy (non-hydrogen) atoms. The lowest BCUT2D eigenvalue weighted by Gasteiger charge is -2.28. The van der Waals surface area contributed by atoms with Crippen LogP contribution >= 0.6 is 12.2 Å². The molecule has 1 fully saturated rings. The molecular weight excluding hydrogens is 232 g/mol. The first-order chi connectivity index (χ1) is 7.97. The SMILES string of the molecule is CCCN(CC1CC1)C(=O)C(C(N)=S)C(C)C. The quantitative estimate of drug-likeness (QED) is 0.710. The Morgan fingerprint density at radius 2 is 2.06 bits per heavy atom. The van der Waals surface area contributed by atoms with E-state index in [9.17, 15) is 4.79 Å². The maximum Gasteiger partial charge on any atom is 0.232 e. The second-order valence-corrected chi connectivity index (χ2v) is 5.82. The Morgan fingerprint density at radius 1 is 1.47 bits per heavy atom. The highest BCUT2D eigenvalue weighted by atomic mass is 32.1. The van der Waals surface area contributed by atoms with E-state index >= 15 is 0 Å². The highest BCUT2D eigenvalue weighted by Crippen LogP contribution is 2.30. The van der Waals surface area contributed by atoms with Gasteiger partial charge in [0.25, 0.3) is 0 Å². The molecule has 0 spiro atoms. The van der Waals surface area contributed by atoms with Gasteiger partial charge in [0.05, 0.1) is 10.9 Å². The molecule has 1 aliphatic rings. The first-order valence-corrected chi connectivity index (χ1v) is 6.96. The lowest BCUT2D eigenvalue weighted by atomic mass is 9.94. The molecule has 0 aromatic carbocycles. The molecule has 1 atom stereocenters. The van der Waals surface area contributed by atoms with Crippen molar-refractivity contribution in [3.63, 3.8) is 0 Å². The fraction of sp³-hybridized carbons (Fsp3) is 0.846. The molecule has 1 unspecified atom stereocenters. The molecule has 3 nitrogen and oxygen atoms in total. The lowest BCUT2D eigenvalue weighted by Crippen LogP contribution is -2.44. The summed E-state index contributed by atoms with van der Waals surface area (Å²) in [5.74, 6) is 0.722. The number of nitrogens with zero attached hydrogens (tertiary/aromatic N) is 1. The van der Waals surface area contributed by atoms with Gasteiger partial charge in [-0.2, -0.15) is 0 Å². The van der Waals surface area contributed by atoms with Gasteiger partial charge in [-0.25, -0.2) is 0 Å². The van der Waals surface area contributed by atoms with Gasteiger partial charge in [0, 0.05) is 13.1 Å². The van der Waals surface area contributed by atoms with Crippen LogP contribution in [0.5, 0.6) is 0 Å². The van der Waals surface area contributed by atoms with Crippen LogP contribution < -0.4 is 5.73 Å². The molecule has 0 aromatic rings. The zero-order valence-electron chi connectivity index (χ0n) is 11.1. The lowest BCUT2D eigenvalue weighted by molar-refractivity contribution is -0.134. The summed E-state index contributed by atoms with van der Waals surface area (Å²) in [4.78, 5) is 14.7. The van der Waals surface area contributed by atoms with Crippen LogP contribution in [0.15, 0.2) is 0 Å². The molecular formula is C13H24N2OS. The van der Waals surface area contributed by atoms with Crippen LogP contribution in [-0.2, 0) is 4.79 Å². The van der Waals surface area contributed by atoms with E-state index in [0.29, 0.717) is 10.9 Å². The molecule has 0 radical (unpaired) electrons. The highest BCUT2D eigenvalue weighted by molar-refractivity contribution is 7.80. The minimum absolute atomic E-state index is 0.126. The third-order valence-corrected chi connectivity index (χ3v) is 3.47. The second-order valence-electron chi connectivity index (χ2n) is 5.35. The fourth-order valence-electron chi connectivity index (χ4n) is 2.11. The Labute approximate surface area is 110 Å². The van der Waals surface area contributed by atoms with E-state index in [1.54, 1.807) is 0 Å². The Morgan fingerprint density at radius 3 is 2.41 bits per heavy atom. The van der Waals surface area contributed by atoms with E-state index in [2.05, 4.69) is 6.92 Å². The Bertz CT molecular complexity index is 287. The summed E-state index contributed by atoms with van der Waals surface area (Å²) in [7, 11) is 0. The molecule has 0 aliphatic heterocycles. The Balaban J connectivity index is 2.68. The number of hydrogen-bond donors (Lipinski definition) is 1. The van der Waals surface area contributed by atoms with Crippen LogP contribution in [-0.4, -0.2) is 28.9 Å². The summed E-state index contributed by atoms with van der Waals surface area (Å²) in [5.41, 5.74) is 5.70. The first kappa shape index (κ1) is 14.4. The maximum atomic E-state index is 12.4. The number of thiocarbonyl (C=S) groups is 1. The molecule has 1 saturated carbocycles. The van der Waals surface area contributed by atoms with Crippen molar-refractivity contribution in [1.29, 1.82) is 0 Å². The average molecular weight is 256 g/mol. The third-order valence-electron chi connectivity index (χ3n) is 3.22. The van der Waals surface area contributed by atoms with Gasteiger partial charge < -0.3 is 10.6 Å². The smallest absolute Gasteiger partial charge is 0.232 e. The topological polar surface area (TPSA) is 46.3 Å². The van der Waals surface area contributed by atoms with Crippen molar-refractivity contribution in [2.45, 2.75) is 40.0 Å². The van der Waals surface area contributed by atoms with Crippen molar-refractivity contribution >= 4 is 23.1 Å². The van der Waals surface area contributed by atoms with E-state index in [1.165, 1.54) is 12.8 Å². The van der Waals surface area contributed by atoms with Crippen molar-refractivity contribution < 1.29 is 4.79 Å². The molecule has 0 heterocycles. The van der Waals surface area contributed by atoms with E-state index in [1.807, 2.05) is 18.7 Å². The molecule has 2 N–H and O–H groups in total. The number of rotatable bonds is 7. The summed E-state index contributed by atoms with van der Waals surface area (Å²) in [6.45, 7) is 7.81. The summed E-state index contributed by atoms with van der Waals surface area (Å²) >= 11 is 5.03. The van der Waals surface area contributed by atoms with Crippen LogP contribution in [0.3, 0.4) is 0 Å². The van der Waals surface area contributed by atoms with E-state index < -0.39 is 0 Å². The van der Waals surface area contributed by atoms with Crippen molar-refractivity contribution in [2.75, 3.05) is 13.1 Å². The number of carbonyl (C=O) groups excluding carboxylic acids is 1. The zero-order valence-corrected chi connectivity index (χ0v) is 11.9. The maximum absolute atomic E-state index is 12.4. The summed E-state index contributed by atoms with van der Waals surface area (Å²) in [6, 6.07) is 0. The van der Waals surface area contributed by atoms with Crippen molar-refractivity contribution in [1.82, 2.24) is 4.90 Å². The van der Waals surface area contributed by atoms with Gasteiger partial charge in [-0.15, -0.1) is 0 Å². The minimum atomic E-state index is -0.296. The first-order valence-electron chi connectivity index (χ1n) is 6.55. The Hall–Kier alpha value is -0.640.